The highest BCUT2D eigenvalue weighted by atomic mass is 19.4. The van der Waals surface area contributed by atoms with E-state index in [1.165, 1.54) is 18.5 Å². The number of ether oxygens (including phenoxy) is 1. The highest BCUT2D eigenvalue weighted by molar-refractivity contribution is 6.00. The molecule has 1 aliphatic rings. The maximum atomic E-state index is 15.3. The van der Waals surface area contributed by atoms with Gasteiger partial charge in [-0.2, -0.15) is 18.3 Å². The summed E-state index contributed by atoms with van der Waals surface area (Å²) in [5, 5.41) is 8.47. The number of hydrogen-bond donors (Lipinski definition) is 3. The lowest BCUT2D eigenvalue weighted by Crippen LogP contribution is -2.36. The van der Waals surface area contributed by atoms with E-state index < -0.39 is 35.1 Å². The van der Waals surface area contributed by atoms with Crippen molar-refractivity contribution in [3.63, 3.8) is 0 Å². The van der Waals surface area contributed by atoms with Gasteiger partial charge in [-0.25, -0.2) is 23.1 Å². The summed E-state index contributed by atoms with van der Waals surface area (Å²) < 4.78 is 75.3. The zero-order chi connectivity index (χ0) is 30.0. The third-order valence-corrected chi connectivity index (χ3v) is 6.77. The summed E-state index contributed by atoms with van der Waals surface area (Å²) in [6.07, 6.45) is -2.79. The lowest BCUT2D eigenvalue weighted by atomic mass is 9.98. The van der Waals surface area contributed by atoms with Crippen LogP contribution in [0.1, 0.15) is 16.8 Å². The minimum absolute atomic E-state index is 0.0234. The molecule has 4 N–H and O–H groups in total. The molecule has 0 aliphatic carbocycles. The highest BCUT2D eigenvalue weighted by Gasteiger charge is 2.31. The van der Waals surface area contributed by atoms with Crippen molar-refractivity contribution in [2.24, 2.45) is 0 Å². The fraction of sp³-hybridized carbons (Fsp3) is 0.259. The number of anilines is 3. The second-order valence-corrected chi connectivity index (χ2v) is 9.43. The first-order valence-corrected chi connectivity index (χ1v) is 12.7. The third-order valence-electron chi connectivity index (χ3n) is 6.77. The van der Waals surface area contributed by atoms with E-state index in [1.807, 2.05) is 5.32 Å². The molecule has 0 unspecified atom stereocenters. The lowest BCUT2D eigenvalue weighted by Gasteiger charge is -2.26. The molecular formula is C27H24F5N7O3. The van der Waals surface area contributed by atoms with E-state index in [9.17, 15) is 27.2 Å². The molecule has 0 atom stereocenters. The predicted octanol–water partition coefficient (Wildman–Crippen LogP) is 4.49. The van der Waals surface area contributed by atoms with Crippen molar-refractivity contribution in [3.8, 4) is 11.1 Å². The smallest absolute Gasteiger partial charge is 0.382 e. The molecule has 1 aliphatic heterocycles. The fourth-order valence-electron chi connectivity index (χ4n) is 4.81. The molecule has 2 amide bonds. The second-order valence-electron chi connectivity index (χ2n) is 9.43. The van der Waals surface area contributed by atoms with Crippen molar-refractivity contribution >= 4 is 35.0 Å². The van der Waals surface area contributed by atoms with Gasteiger partial charge in [-0.1, -0.05) is 6.07 Å². The average molecular weight is 590 g/mol. The number of nitrogen functional groups attached to an aromatic ring is 1. The monoisotopic (exact) mass is 589 g/mol. The summed E-state index contributed by atoms with van der Waals surface area (Å²) in [5.41, 5.74) is 6.33. The van der Waals surface area contributed by atoms with Crippen molar-refractivity contribution in [1.29, 1.82) is 0 Å². The van der Waals surface area contributed by atoms with Crippen LogP contribution in [0.3, 0.4) is 0 Å². The van der Waals surface area contributed by atoms with Crippen LogP contribution in [0.15, 0.2) is 42.7 Å². The van der Waals surface area contributed by atoms with Crippen LogP contribution in [0.4, 0.5) is 43.9 Å². The molecule has 2 aromatic carbocycles. The molecule has 5 rings (SSSR count). The lowest BCUT2D eigenvalue weighted by molar-refractivity contribution is -0.137. The van der Waals surface area contributed by atoms with E-state index in [0.29, 0.717) is 85.2 Å². The van der Waals surface area contributed by atoms with Crippen LogP contribution in [-0.2, 0) is 28.7 Å². The number of carbonyl (C=O) groups excluding carboxylic acids is 2. The van der Waals surface area contributed by atoms with E-state index in [1.54, 1.807) is 4.52 Å². The van der Waals surface area contributed by atoms with Crippen LogP contribution >= 0.6 is 0 Å². The Hall–Kier alpha value is -4.63. The number of aromatic nitrogens is 3. The van der Waals surface area contributed by atoms with E-state index in [2.05, 4.69) is 20.3 Å². The number of hydrogen-bond acceptors (Lipinski definition) is 7. The largest absolute Gasteiger partial charge is 0.416 e. The zero-order valence-corrected chi connectivity index (χ0v) is 21.8. The predicted molar refractivity (Wildman–Crippen MR) is 143 cm³/mol. The van der Waals surface area contributed by atoms with E-state index in [-0.39, 0.29) is 17.9 Å². The van der Waals surface area contributed by atoms with Crippen molar-refractivity contribution < 1.29 is 36.3 Å². The number of morpholine rings is 1. The summed E-state index contributed by atoms with van der Waals surface area (Å²) in [5.74, 6) is -1.91. The number of nitrogens with two attached hydrogens (primary N) is 1. The molecule has 2 aromatic heterocycles. The molecule has 1 saturated heterocycles. The number of nitrogens with one attached hydrogen (secondary N) is 2. The number of aldehydes is 1. The highest BCUT2D eigenvalue weighted by Crippen LogP contribution is 2.37. The van der Waals surface area contributed by atoms with Crippen molar-refractivity contribution in [2.45, 2.75) is 19.1 Å². The Morgan fingerprint density at radius 2 is 1.79 bits per heavy atom. The summed E-state index contributed by atoms with van der Waals surface area (Å²) in [4.78, 5) is 30.3. The number of nitrogens with zero attached hydrogens (tertiary/aromatic N) is 4. The summed E-state index contributed by atoms with van der Waals surface area (Å²) in [7, 11) is 0. The number of benzene rings is 2. The van der Waals surface area contributed by atoms with Gasteiger partial charge in [0.1, 0.15) is 29.8 Å². The first-order chi connectivity index (χ1) is 20.1. The molecule has 0 bridgehead atoms. The van der Waals surface area contributed by atoms with E-state index in [0.717, 1.165) is 6.07 Å². The Bertz CT molecular complexity index is 1650. The fourth-order valence-corrected chi connectivity index (χ4v) is 4.81. The normalized spacial score (nSPS) is 14.2. The number of halogens is 5. The van der Waals surface area contributed by atoms with Crippen LogP contribution in [-0.4, -0.2) is 58.1 Å². The minimum atomic E-state index is -4.76. The molecule has 42 heavy (non-hydrogen) atoms. The van der Waals surface area contributed by atoms with Gasteiger partial charge in [0.25, 0.3) is 0 Å². The second kappa shape index (κ2) is 11.7. The van der Waals surface area contributed by atoms with Crippen molar-refractivity contribution in [3.05, 3.63) is 71.2 Å². The number of alkyl halides is 3. The number of rotatable bonds is 7. The number of fused-ring (bicyclic) bond motifs is 1. The maximum Gasteiger partial charge on any atom is 0.416 e. The summed E-state index contributed by atoms with van der Waals surface area (Å²) >= 11 is 0. The van der Waals surface area contributed by atoms with Crippen LogP contribution in [0, 0.1) is 11.6 Å². The maximum absolute atomic E-state index is 15.3. The third kappa shape index (κ3) is 5.87. The Morgan fingerprint density at radius 3 is 2.48 bits per heavy atom. The topological polar surface area (TPSA) is 127 Å². The number of amides is 2. The molecule has 3 heterocycles. The number of urea groups is 1. The van der Waals surface area contributed by atoms with Crippen LogP contribution in [0.5, 0.6) is 0 Å². The summed E-state index contributed by atoms with van der Waals surface area (Å²) in [6, 6.07) is 4.17. The van der Waals surface area contributed by atoms with Gasteiger partial charge in [0, 0.05) is 31.6 Å². The van der Waals surface area contributed by atoms with Gasteiger partial charge in [-0.3, -0.25) is 4.90 Å². The van der Waals surface area contributed by atoms with Gasteiger partial charge < -0.3 is 25.9 Å². The molecule has 0 radical (unpaired) electrons. The van der Waals surface area contributed by atoms with Gasteiger partial charge in [-0.15, -0.1) is 0 Å². The SMILES string of the molecule is Nc1ncnn2c(CN3CCOCC3)c(CC=O)c(-c3ccc(NC(=O)Nc4cc(C(F)(F)F)ccc4F)c(F)c3)c12. The quantitative estimate of drug-likeness (QED) is 0.214. The van der Waals surface area contributed by atoms with Crippen molar-refractivity contribution in [1.82, 2.24) is 19.5 Å². The van der Waals surface area contributed by atoms with Crippen LogP contribution in [0.25, 0.3) is 16.6 Å². The van der Waals surface area contributed by atoms with Gasteiger partial charge in [0.15, 0.2) is 5.82 Å². The Morgan fingerprint density at radius 1 is 1.05 bits per heavy atom. The molecule has 220 valence electrons. The molecule has 15 heteroatoms. The van der Waals surface area contributed by atoms with Gasteiger partial charge in [-0.05, 0) is 41.5 Å². The zero-order valence-electron chi connectivity index (χ0n) is 21.8. The number of carbonyl (C=O) groups is 2. The van der Waals surface area contributed by atoms with Crippen LogP contribution in [0.2, 0.25) is 0 Å². The van der Waals surface area contributed by atoms with Crippen LogP contribution < -0.4 is 16.4 Å². The minimum Gasteiger partial charge on any atom is -0.382 e. The molecule has 1 fully saturated rings. The average Bonchev–Trinajstić information content (AvgIpc) is 3.25. The van der Waals surface area contributed by atoms with Gasteiger partial charge in [0.2, 0.25) is 0 Å². The first-order valence-electron chi connectivity index (χ1n) is 12.7. The molecule has 0 saturated carbocycles. The summed E-state index contributed by atoms with van der Waals surface area (Å²) in [6.45, 7) is 2.82. The van der Waals surface area contributed by atoms with Gasteiger partial charge in [0.05, 0.1) is 35.8 Å². The molecular weight excluding hydrogens is 565 g/mol. The van der Waals surface area contributed by atoms with Crippen molar-refractivity contribution in [2.75, 3.05) is 42.7 Å². The standard InChI is InChI=1S/C27H24F5N7O3/c28-18-3-2-16(27(30,31)32)12-21(18)37-26(41)36-20-4-1-15(11-19(20)29)23-17(5-8-40)22(13-38-6-9-42-10-7-38)39-24(23)25(33)34-14-35-39/h1-4,8,11-12,14H,5-7,9-10,13H2,(H2,33,34,35)(H2,36,37,41). The Balaban J connectivity index is 1.47. The molecule has 0 spiro atoms. The molecule has 10 nitrogen and oxygen atoms in total. The molecule has 4 aromatic rings. The van der Waals surface area contributed by atoms with E-state index in [4.69, 9.17) is 10.5 Å². The Labute approximate surface area is 235 Å². The first kappa shape index (κ1) is 28.9. The van der Waals surface area contributed by atoms with Gasteiger partial charge >= 0.3 is 12.2 Å². The van der Waals surface area contributed by atoms with E-state index >= 15 is 4.39 Å². The Kier molecular flexibility index (Phi) is 8.04.